The van der Waals surface area contributed by atoms with Gasteiger partial charge in [0.25, 0.3) is 0 Å². The summed E-state index contributed by atoms with van der Waals surface area (Å²) in [5.74, 6) is -0.421. The average Bonchev–Trinajstić information content (AvgIpc) is 2.69. The average molecular weight is 341 g/mol. The van der Waals surface area contributed by atoms with Gasteiger partial charge in [-0.25, -0.2) is 4.79 Å². The first-order chi connectivity index (χ1) is 12.8. The minimum Gasteiger partial charge on any atom is -0.313 e. The van der Waals surface area contributed by atoms with Crippen LogP contribution in [0.15, 0.2) is 96.2 Å². The van der Waals surface area contributed by atoms with Crippen LogP contribution in [0.1, 0.15) is 34.3 Å². The molecule has 0 aromatic heterocycles. The lowest BCUT2D eigenvalue weighted by Crippen LogP contribution is -2.43. The van der Waals surface area contributed by atoms with Gasteiger partial charge in [0, 0.05) is 18.3 Å². The van der Waals surface area contributed by atoms with Crippen molar-refractivity contribution < 1.29 is 9.63 Å². The molecular formula is C23H19NO2. The number of hydrogen-bond donors (Lipinski definition) is 0. The van der Waals surface area contributed by atoms with E-state index in [0.29, 0.717) is 5.56 Å². The summed E-state index contributed by atoms with van der Waals surface area (Å²) in [4.78, 5) is 17.2. The molecule has 0 saturated heterocycles. The second-order valence-electron chi connectivity index (χ2n) is 6.57. The van der Waals surface area contributed by atoms with Crippen molar-refractivity contribution >= 4 is 11.7 Å². The molecule has 4 rings (SSSR count). The standard InChI is InChI=1S/C23H19NO2/c25-22(18-10-4-1-5-11-18)26-24-21-16-23(17-21,19-12-6-2-7-13-19)20-14-8-3-9-15-20/h1-15H,16-17H2. The summed E-state index contributed by atoms with van der Waals surface area (Å²) in [5, 5.41) is 4.12. The van der Waals surface area contributed by atoms with E-state index in [2.05, 4.69) is 53.7 Å². The molecule has 0 aliphatic heterocycles. The van der Waals surface area contributed by atoms with Gasteiger partial charge in [-0.05, 0) is 23.3 Å². The number of nitrogens with zero attached hydrogens (tertiary/aromatic N) is 1. The number of carbonyl (C=O) groups is 1. The molecule has 3 aromatic rings. The summed E-state index contributed by atoms with van der Waals surface area (Å²) in [6.07, 6.45) is 1.51. The fraction of sp³-hybridized carbons (Fsp3) is 0.130. The highest BCUT2D eigenvalue weighted by molar-refractivity contribution is 5.96. The van der Waals surface area contributed by atoms with Crippen molar-refractivity contribution in [3.05, 3.63) is 108 Å². The third-order valence-corrected chi connectivity index (χ3v) is 4.93. The van der Waals surface area contributed by atoms with Crippen molar-refractivity contribution in [3.63, 3.8) is 0 Å². The summed E-state index contributed by atoms with van der Waals surface area (Å²) in [6, 6.07) is 29.8. The van der Waals surface area contributed by atoms with E-state index in [4.69, 9.17) is 4.84 Å². The predicted octanol–water partition coefficient (Wildman–Crippen LogP) is 4.98. The second-order valence-corrected chi connectivity index (χ2v) is 6.57. The molecule has 0 heterocycles. The minimum absolute atomic E-state index is 0.0967. The molecule has 1 aliphatic carbocycles. The third kappa shape index (κ3) is 3.04. The Kier molecular flexibility index (Phi) is 4.36. The zero-order chi connectivity index (χ0) is 17.8. The number of hydrogen-bond acceptors (Lipinski definition) is 3. The topological polar surface area (TPSA) is 38.7 Å². The smallest absolute Gasteiger partial charge is 0.313 e. The Balaban J connectivity index is 1.54. The number of benzene rings is 3. The van der Waals surface area contributed by atoms with E-state index in [1.807, 2.05) is 30.3 Å². The molecule has 128 valence electrons. The van der Waals surface area contributed by atoms with Crippen LogP contribution >= 0.6 is 0 Å². The van der Waals surface area contributed by atoms with Crippen LogP contribution in [-0.2, 0) is 10.3 Å². The molecule has 0 radical (unpaired) electrons. The zero-order valence-corrected chi connectivity index (χ0v) is 14.3. The zero-order valence-electron chi connectivity index (χ0n) is 14.3. The summed E-state index contributed by atoms with van der Waals surface area (Å²) in [5.41, 5.74) is 3.84. The number of oxime groups is 1. The van der Waals surface area contributed by atoms with Gasteiger partial charge in [0.1, 0.15) is 0 Å². The molecule has 0 spiro atoms. The van der Waals surface area contributed by atoms with Crippen molar-refractivity contribution in [1.29, 1.82) is 0 Å². The fourth-order valence-electron chi connectivity index (χ4n) is 3.53. The van der Waals surface area contributed by atoms with E-state index in [-0.39, 0.29) is 5.41 Å². The third-order valence-electron chi connectivity index (χ3n) is 4.93. The molecule has 3 aromatic carbocycles. The summed E-state index contributed by atoms with van der Waals surface area (Å²) in [7, 11) is 0. The lowest BCUT2D eigenvalue weighted by Gasteiger charge is -2.43. The molecule has 3 nitrogen and oxygen atoms in total. The first kappa shape index (κ1) is 16.3. The van der Waals surface area contributed by atoms with Gasteiger partial charge in [-0.3, -0.25) is 0 Å². The Morgan fingerprint density at radius 2 is 1.19 bits per heavy atom. The van der Waals surface area contributed by atoms with Crippen LogP contribution in [-0.4, -0.2) is 11.7 Å². The summed E-state index contributed by atoms with van der Waals surface area (Å²) < 4.78 is 0. The van der Waals surface area contributed by atoms with Crippen LogP contribution in [0.5, 0.6) is 0 Å². The largest absolute Gasteiger partial charge is 0.365 e. The maximum atomic E-state index is 12.1. The molecule has 26 heavy (non-hydrogen) atoms. The maximum Gasteiger partial charge on any atom is 0.365 e. The molecule has 1 saturated carbocycles. The lowest BCUT2D eigenvalue weighted by molar-refractivity contribution is 0.0510. The Labute approximate surface area is 152 Å². The molecule has 1 aliphatic rings. The van der Waals surface area contributed by atoms with Gasteiger partial charge in [0.15, 0.2) is 0 Å². The van der Waals surface area contributed by atoms with Crippen LogP contribution in [0.3, 0.4) is 0 Å². The van der Waals surface area contributed by atoms with E-state index >= 15 is 0 Å². The van der Waals surface area contributed by atoms with Crippen LogP contribution in [0.4, 0.5) is 0 Å². The van der Waals surface area contributed by atoms with E-state index in [1.165, 1.54) is 11.1 Å². The number of rotatable bonds is 4. The lowest BCUT2D eigenvalue weighted by atomic mass is 9.59. The molecular weight excluding hydrogens is 322 g/mol. The van der Waals surface area contributed by atoms with Crippen molar-refractivity contribution in [1.82, 2.24) is 0 Å². The molecule has 0 bridgehead atoms. The highest BCUT2D eigenvalue weighted by Gasteiger charge is 2.45. The maximum absolute atomic E-state index is 12.1. The quantitative estimate of drug-likeness (QED) is 0.496. The first-order valence-corrected chi connectivity index (χ1v) is 8.71. The van der Waals surface area contributed by atoms with Crippen molar-refractivity contribution in [2.75, 3.05) is 0 Å². The fourth-order valence-corrected chi connectivity index (χ4v) is 3.53. The SMILES string of the molecule is O=C(ON=C1CC(c2ccccc2)(c2ccccc2)C1)c1ccccc1. The molecule has 3 heteroatoms. The Bertz CT molecular complexity index is 869. The van der Waals surface area contributed by atoms with Crippen molar-refractivity contribution in [3.8, 4) is 0 Å². The van der Waals surface area contributed by atoms with Crippen molar-refractivity contribution in [2.45, 2.75) is 18.3 Å². The first-order valence-electron chi connectivity index (χ1n) is 8.71. The monoisotopic (exact) mass is 341 g/mol. The van der Waals surface area contributed by atoms with Gasteiger partial charge >= 0.3 is 5.97 Å². The van der Waals surface area contributed by atoms with Crippen LogP contribution in [0, 0.1) is 0 Å². The van der Waals surface area contributed by atoms with Gasteiger partial charge in [0.2, 0.25) is 0 Å². The summed E-state index contributed by atoms with van der Waals surface area (Å²) >= 11 is 0. The van der Waals surface area contributed by atoms with Gasteiger partial charge in [-0.2, -0.15) is 0 Å². The molecule has 1 fully saturated rings. The van der Waals surface area contributed by atoms with E-state index < -0.39 is 5.97 Å². The Morgan fingerprint density at radius 3 is 1.69 bits per heavy atom. The number of carbonyl (C=O) groups excluding carboxylic acids is 1. The van der Waals surface area contributed by atoms with E-state index in [0.717, 1.165) is 18.6 Å². The van der Waals surface area contributed by atoms with Crippen LogP contribution in [0.2, 0.25) is 0 Å². The van der Waals surface area contributed by atoms with E-state index in [9.17, 15) is 4.79 Å². The Morgan fingerprint density at radius 1 is 0.731 bits per heavy atom. The normalized spacial score (nSPS) is 15.0. The molecule has 0 atom stereocenters. The highest BCUT2D eigenvalue weighted by Crippen LogP contribution is 2.47. The van der Waals surface area contributed by atoms with Crippen LogP contribution < -0.4 is 0 Å². The molecule has 0 unspecified atom stereocenters. The minimum atomic E-state index is -0.421. The predicted molar refractivity (Wildman–Crippen MR) is 102 cm³/mol. The molecule has 0 N–H and O–H groups in total. The van der Waals surface area contributed by atoms with Gasteiger partial charge in [-0.15, -0.1) is 0 Å². The van der Waals surface area contributed by atoms with Gasteiger partial charge < -0.3 is 4.84 Å². The van der Waals surface area contributed by atoms with Gasteiger partial charge in [-0.1, -0.05) is 84.0 Å². The summed E-state index contributed by atoms with van der Waals surface area (Å²) in [6.45, 7) is 0. The second kappa shape index (κ2) is 6.96. The van der Waals surface area contributed by atoms with Crippen molar-refractivity contribution in [2.24, 2.45) is 5.16 Å². The Hall–Kier alpha value is -3.20. The van der Waals surface area contributed by atoms with E-state index in [1.54, 1.807) is 12.1 Å². The van der Waals surface area contributed by atoms with Gasteiger partial charge in [0.05, 0.1) is 11.3 Å². The van der Waals surface area contributed by atoms with Crippen LogP contribution in [0.25, 0.3) is 0 Å². The highest BCUT2D eigenvalue weighted by atomic mass is 16.7. The molecule has 0 amide bonds.